The maximum atomic E-state index is 12.5. The highest BCUT2D eigenvalue weighted by molar-refractivity contribution is 9.11. The molecule has 0 unspecified atom stereocenters. The summed E-state index contributed by atoms with van der Waals surface area (Å²) >= 11 is 3.24. The van der Waals surface area contributed by atoms with E-state index in [1.54, 1.807) is 42.5 Å². The van der Waals surface area contributed by atoms with E-state index in [2.05, 4.69) is 24.7 Å². The van der Waals surface area contributed by atoms with E-state index in [-0.39, 0.29) is 21.2 Å². The number of sulfonamides is 2. The number of allylic oxidation sites excluding steroid dienone is 4. The quantitative estimate of drug-likeness (QED) is 0.647. The lowest BCUT2D eigenvalue weighted by molar-refractivity contribution is 0.596. The minimum atomic E-state index is -4.02. The van der Waals surface area contributed by atoms with E-state index in [9.17, 15) is 16.8 Å². The highest BCUT2D eigenvalue weighted by Gasteiger charge is 2.20. The molecule has 1 aliphatic carbocycles. The van der Waals surface area contributed by atoms with Crippen LogP contribution in [0.5, 0.6) is 0 Å². The predicted molar refractivity (Wildman–Crippen MR) is 108 cm³/mol. The van der Waals surface area contributed by atoms with Gasteiger partial charge in [-0.25, -0.2) is 0 Å². The van der Waals surface area contributed by atoms with Crippen molar-refractivity contribution in [3.05, 3.63) is 83.4 Å². The molecule has 0 N–H and O–H groups in total. The molecule has 0 amide bonds. The lowest BCUT2D eigenvalue weighted by atomic mass is 10.1. The minimum Gasteiger partial charge on any atom is -0.199 e. The number of halogens is 1. The molecule has 6 nitrogen and oxygen atoms in total. The molecule has 0 fully saturated rings. The topological polar surface area (TPSA) is 93.0 Å². The van der Waals surface area contributed by atoms with Gasteiger partial charge >= 0.3 is 0 Å². The van der Waals surface area contributed by atoms with Crippen molar-refractivity contribution in [3.8, 4) is 0 Å². The van der Waals surface area contributed by atoms with E-state index < -0.39 is 20.0 Å². The summed E-state index contributed by atoms with van der Waals surface area (Å²) in [4.78, 5) is 0.00614. The first kappa shape index (κ1) is 19.4. The molecule has 0 bridgehead atoms. The van der Waals surface area contributed by atoms with Crippen LogP contribution in [0.15, 0.2) is 102 Å². The van der Waals surface area contributed by atoms with Crippen molar-refractivity contribution >= 4 is 47.4 Å². The van der Waals surface area contributed by atoms with Crippen molar-refractivity contribution in [1.29, 1.82) is 0 Å². The third kappa shape index (κ3) is 4.68. The molecule has 0 heterocycles. The summed E-state index contributed by atoms with van der Waals surface area (Å²) in [7, 11) is -8.04. The summed E-state index contributed by atoms with van der Waals surface area (Å²) in [5.74, 6) is 0. The van der Waals surface area contributed by atoms with Crippen molar-refractivity contribution in [2.45, 2.75) is 9.79 Å². The van der Waals surface area contributed by atoms with Crippen molar-refractivity contribution in [2.75, 3.05) is 0 Å². The number of rotatable bonds is 4. The Morgan fingerprint density at radius 2 is 1.07 bits per heavy atom. The zero-order chi connectivity index (χ0) is 19.5. The van der Waals surface area contributed by atoms with E-state index in [1.807, 2.05) is 0 Å². The van der Waals surface area contributed by atoms with Crippen LogP contribution in [-0.4, -0.2) is 28.3 Å². The Morgan fingerprint density at radius 3 is 1.56 bits per heavy atom. The van der Waals surface area contributed by atoms with E-state index in [4.69, 9.17) is 0 Å². The fraction of sp³-hybridized carbons (Fsp3) is 0. The SMILES string of the molecule is O=S(=O)(/N=C1\C=CC(Br)=C\C1=N/S(=O)(=O)c1ccccc1)c1ccccc1. The molecule has 0 spiro atoms. The van der Waals surface area contributed by atoms with Crippen LogP contribution in [0.1, 0.15) is 0 Å². The number of nitrogens with zero attached hydrogens (tertiary/aromatic N) is 2. The smallest absolute Gasteiger partial charge is 0.199 e. The molecule has 1 aliphatic rings. The molecule has 3 rings (SSSR count). The molecule has 0 saturated heterocycles. The maximum absolute atomic E-state index is 12.5. The van der Waals surface area contributed by atoms with E-state index in [0.717, 1.165) is 0 Å². The average Bonchev–Trinajstić information content (AvgIpc) is 2.65. The number of hydrogen-bond donors (Lipinski definition) is 0. The third-order valence-electron chi connectivity index (χ3n) is 3.46. The highest BCUT2D eigenvalue weighted by Crippen LogP contribution is 2.19. The Hall–Kier alpha value is -2.36. The van der Waals surface area contributed by atoms with Gasteiger partial charge in [0.15, 0.2) is 0 Å². The van der Waals surface area contributed by atoms with Gasteiger partial charge in [0.25, 0.3) is 20.0 Å². The monoisotopic (exact) mass is 464 g/mol. The molecule has 2 aromatic carbocycles. The molecule has 0 aromatic heterocycles. The van der Waals surface area contributed by atoms with E-state index >= 15 is 0 Å². The van der Waals surface area contributed by atoms with Crippen LogP contribution in [0.4, 0.5) is 0 Å². The molecular formula is C18H13BrN2O4S2. The van der Waals surface area contributed by atoms with Crippen molar-refractivity contribution in [2.24, 2.45) is 8.80 Å². The van der Waals surface area contributed by atoms with Crippen LogP contribution in [0.2, 0.25) is 0 Å². The van der Waals surface area contributed by atoms with Crippen LogP contribution >= 0.6 is 15.9 Å². The van der Waals surface area contributed by atoms with Gasteiger partial charge in [-0.05, 0) is 42.5 Å². The van der Waals surface area contributed by atoms with Gasteiger partial charge in [0.1, 0.15) is 11.4 Å². The Morgan fingerprint density at radius 1 is 0.630 bits per heavy atom. The summed E-state index contributed by atoms with van der Waals surface area (Å²) < 4.78 is 58.2. The standard InChI is InChI=1S/C18H13BrN2O4S2/c19-14-11-12-17(20-26(22,23)15-7-3-1-4-8-15)18(13-14)21-27(24,25)16-9-5-2-6-10-16/h1-13H/b20-17+,21-18+. The summed E-state index contributed by atoms with van der Waals surface area (Å²) in [6, 6.07) is 15.3. The first-order valence-electron chi connectivity index (χ1n) is 7.64. The molecule has 9 heteroatoms. The zero-order valence-corrected chi connectivity index (χ0v) is 16.9. The molecule has 27 heavy (non-hydrogen) atoms. The van der Waals surface area contributed by atoms with Gasteiger partial charge in [-0.2, -0.15) is 25.6 Å². The van der Waals surface area contributed by atoms with Gasteiger partial charge in [-0.3, -0.25) is 0 Å². The first-order chi connectivity index (χ1) is 12.8. The Labute approximate surface area is 165 Å². The van der Waals surface area contributed by atoms with Gasteiger partial charge in [0.2, 0.25) is 0 Å². The second-order valence-electron chi connectivity index (χ2n) is 5.39. The molecule has 138 valence electrons. The van der Waals surface area contributed by atoms with Gasteiger partial charge in [0, 0.05) is 4.48 Å². The average molecular weight is 465 g/mol. The Bertz CT molecular complexity index is 1180. The van der Waals surface area contributed by atoms with Gasteiger partial charge in [-0.1, -0.05) is 52.3 Å². The summed E-state index contributed by atoms with van der Waals surface area (Å²) in [5.41, 5.74) is -0.144. The first-order valence-corrected chi connectivity index (χ1v) is 11.3. The molecular weight excluding hydrogens is 452 g/mol. The van der Waals surface area contributed by atoms with Crippen molar-refractivity contribution in [3.63, 3.8) is 0 Å². The van der Waals surface area contributed by atoms with Crippen LogP contribution in [0.3, 0.4) is 0 Å². The molecule has 0 aliphatic heterocycles. The zero-order valence-electron chi connectivity index (χ0n) is 13.7. The van der Waals surface area contributed by atoms with Crippen LogP contribution in [0, 0.1) is 0 Å². The maximum Gasteiger partial charge on any atom is 0.282 e. The molecule has 0 radical (unpaired) electrons. The molecule has 0 atom stereocenters. The van der Waals surface area contributed by atoms with E-state index in [1.165, 1.54) is 36.4 Å². The van der Waals surface area contributed by atoms with Crippen LogP contribution < -0.4 is 0 Å². The van der Waals surface area contributed by atoms with E-state index in [0.29, 0.717) is 4.48 Å². The lowest BCUT2D eigenvalue weighted by Gasteiger charge is -2.09. The van der Waals surface area contributed by atoms with Gasteiger partial charge < -0.3 is 0 Å². The Kier molecular flexibility index (Phi) is 5.54. The Balaban J connectivity index is 2.09. The lowest BCUT2D eigenvalue weighted by Crippen LogP contribution is -2.17. The summed E-state index contributed by atoms with van der Waals surface area (Å²) in [6.07, 6.45) is 4.36. The van der Waals surface area contributed by atoms with Crippen LogP contribution in [0.25, 0.3) is 0 Å². The normalized spacial score (nSPS) is 17.9. The third-order valence-corrected chi connectivity index (χ3v) is 6.56. The van der Waals surface area contributed by atoms with Crippen molar-refractivity contribution in [1.82, 2.24) is 0 Å². The largest absolute Gasteiger partial charge is 0.282 e. The number of hydrogen-bond acceptors (Lipinski definition) is 4. The second-order valence-corrected chi connectivity index (χ2v) is 9.52. The summed E-state index contributed by atoms with van der Waals surface area (Å²) in [6.45, 7) is 0. The fourth-order valence-corrected chi connectivity index (χ4v) is 4.58. The van der Waals surface area contributed by atoms with Gasteiger partial charge in [0.05, 0.1) is 9.79 Å². The fourth-order valence-electron chi connectivity index (χ4n) is 2.20. The minimum absolute atomic E-state index is 0.00171. The highest BCUT2D eigenvalue weighted by atomic mass is 79.9. The van der Waals surface area contributed by atoms with Crippen molar-refractivity contribution < 1.29 is 16.8 Å². The summed E-state index contributed by atoms with van der Waals surface area (Å²) in [5, 5.41) is 0. The number of benzene rings is 2. The van der Waals surface area contributed by atoms with Crippen LogP contribution in [-0.2, 0) is 20.0 Å². The van der Waals surface area contributed by atoms with Gasteiger partial charge in [-0.15, -0.1) is 0 Å². The molecule has 2 aromatic rings. The second kappa shape index (κ2) is 7.71. The molecule has 0 saturated carbocycles. The predicted octanol–water partition coefficient (Wildman–Crippen LogP) is 3.49.